The zero-order valence-corrected chi connectivity index (χ0v) is 12.9. The van der Waals surface area contributed by atoms with Gasteiger partial charge in [0.15, 0.2) is 0 Å². The molecule has 0 aromatic heterocycles. The smallest absolute Gasteiger partial charge is 0.335 e. The van der Waals surface area contributed by atoms with Crippen molar-refractivity contribution in [1.82, 2.24) is 5.32 Å². The van der Waals surface area contributed by atoms with Crippen LogP contribution in [0.4, 0.5) is 10.5 Å². The molecule has 1 aliphatic heterocycles. The lowest BCUT2D eigenvalue weighted by Crippen LogP contribution is -2.43. The van der Waals surface area contributed by atoms with Gasteiger partial charge in [0.05, 0.1) is 5.56 Å². The number of carboxylic acid groups (broad SMARTS) is 1. The first-order chi connectivity index (χ1) is 10.1. The highest BCUT2D eigenvalue weighted by atomic mass is 32.2. The third-order valence-electron chi connectivity index (χ3n) is 3.49. The van der Waals surface area contributed by atoms with Gasteiger partial charge in [-0.15, -0.1) is 0 Å². The number of urea groups is 1. The van der Waals surface area contributed by atoms with Crippen LogP contribution in [0.25, 0.3) is 0 Å². The molecular weight excluding hydrogens is 288 g/mol. The van der Waals surface area contributed by atoms with E-state index in [4.69, 9.17) is 5.11 Å². The molecule has 0 spiro atoms. The number of fused-ring (bicyclic) bond motifs is 1. The molecule has 1 aromatic rings. The fraction of sp³-hybridized carbons (Fsp3) is 0.467. The van der Waals surface area contributed by atoms with Gasteiger partial charge in [-0.2, -0.15) is 11.8 Å². The second kappa shape index (κ2) is 7.36. The van der Waals surface area contributed by atoms with Gasteiger partial charge in [-0.3, -0.25) is 4.90 Å². The third-order valence-corrected chi connectivity index (χ3v) is 4.19. The standard InChI is InChI=1S/C15H20N2O3S/c1-21-9-3-7-16-15(20)17-8-2-4-11-10-12(14(18)19)5-6-13(11)17/h5-6,10H,2-4,7-9H2,1H3,(H,16,20)(H,18,19). The number of rotatable bonds is 5. The molecule has 0 fully saturated rings. The minimum absolute atomic E-state index is 0.0971. The van der Waals surface area contributed by atoms with Gasteiger partial charge >= 0.3 is 12.0 Å². The molecule has 0 saturated carbocycles. The van der Waals surface area contributed by atoms with Crippen molar-refractivity contribution >= 4 is 29.4 Å². The first-order valence-corrected chi connectivity index (χ1v) is 8.43. The van der Waals surface area contributed by atoms with Crippen LogP contribution in [0.1, 0.15) is 28.8 Å². The number of benzene rings is 1. The highest BCUT2D eigenvalue weighted by Crippen LogP contribution is 2.28. The van der Waals surface area contributed by atoms with Gasteiger partial charge < -0.3 is 10.4 Å². The largest absolute Gasteiger partial charge is 0.478 e. The summed E-state index contributed by atoms with van der Waals surface area (Å²) in [7, 11) is 0. The van der Waals surface area contributed by atoms with Gasteiger partial charge in [-0.05, 0) is 55.0 Å². The number of aromatic carboxylic acids is 1. The van der Waals surface area contributed by atoms with E-state index in [1.54, 1.807) is 34.9 Å². The lowest BCUT2D eigenvalue weighted by molar-refractivity contribution is 0.0696. The molecule has 1 aromatic carbocycles. The Morgan fingerprint density at radius 1 is 1.43 bits per heavy atom. The van der Waals surface area contributed by atoms with E-state index < -0.39 is 5.97 Å². The van der Waals surface area contributed by atoms with Crippen molar-refractivity contribution in [1.29, 1.82) is 0 Å². The van der Waals surface area contributed by atoms with Crippen LogP contribution in [0.3, 0.4) is 0 Å². The van der Waals surface area contributed by atoms with Crippen molar-refractivity contribution in [2.24, 2.45) is 0 Å². The van der Waals surface area contributed by atoms with Gasteiger partial charge in [-0.1, -0.05) is 0 Å². The number of thioether (sulfide) groups is 1. The molecule has 1 heterocycles. The first-order valence-electron chi connectivity index (χ1n) is 7.04. The predicted octanol–water partition coefficient (Wildman–Crippen LogP) is 2.60. The Morgan fingerprint density at radius 2 is 2.24 bits per heavy atom. The van der Waals surface area contributed by atoms with Crippen LogP contribution >= 0.6 is 11.8 Å². The van der Waals surface area contributed by atoms with Gasteiger partial charge in [0, 0.05) is 18.8 Å². The number of carboxylic acids is 1. The fourth-order valence-electron chi connectivity index (χ4n) is 2.45. The van der Waals surface area contributed by atoms with Crippen LogP contribution in [-0.4, -0.2) is 42.2 Å². The molecule has 2 amide bonds. The Labute approximate surface area is 128 Å². The van der Waals surface area contributed by atoms with Crippen LogP contribution < -0.4 is 10.2 Å². The monoisotopic (exact) mass is 308 g/mol. The summed E-state index contributed by atoms with van der Waals surface area (Å²) in [4.78, 5) is 25.0. The van der Waals surface area contributed by atoms with Crippen LogP contribution in [0.5, 0.6) is 0 Å². The Kier molecular flexibility index (Phi) is 5.50. The number of amides is 2. The predicted molar refractivity (Wildman–Crippen MR) is 85.5 cm³/mol. The summed E-state index contributed by atoms with van der Waals surface area (Å²) in [5.74, 6) is 0.0928. The SMILES string of the molecule is CSCCCNC(=O)N1CCCc2cc(C(=O)O)ccc21. The lowest BCUT2D eigenvalue weighted by atomic mass is 9.99. The quantitative estimate of drug-likeness (QED) is 0.820. The topological polar surface area (TPSA) is 69.6 Å². The number of carbonyl (C=O) groups is 2. The first kappa shape index (κ1) is 15.7. The van der Waals surface area contributed by atoms with Crippen molar-refractivity contribution in [2.75, 3.05) is 30.0 Å². The molecule has 6 heteroatoms. The highest BCUT2D eigenvalue weighted by molar-refractivity contribution is 7.98. The van der Waals surface area contributed by atoms with E-state index in [9.17, 15) is 9.59 Å². The number of nitrogens with zero attached hydrogens (tertiary/aromatic N) is 1. The summed E-state index contributed by atoms with van der Waals surface area (Å²) < 4.78 is 0. The Bertz CT molecular complexity index is 534. The van der Waals surface area contributed by atoms with Gasteiger partial charge in [-0.25, -0.2) is 9.59 Å². The number of nitrogens with one attached hydrogen (secondary N) is 1. The van der Waals surface area contributed by atoms with Gasteiger partial charge in [0.25, 0.3) is 0 Å². The van der Waals surface area contributed by atoms with Crippen LogP contribution in [0.2, 0.25) is 0 Å². The number of anilines is 1. The molecule has 114 valence electrons. The molecule has 0 aliphatic carbocycles. The average Bonchev–Trinajstić information content (AvgIpc) is 2.50. The maximum Gasteiger partial charge on any atom is 0.335 e. The second-order valence-electron chi connectivity index (χ2n) is 4.98. The highest BCUT2D eigenvalue weighted by Gasteiger charge is 2.23. The summed E-state index contributed by atoms with van der Waals surface area (Å²) in [6.45, 7) is 1.34. The Balaban J connectivity index is 2.07. The zero-order chi connectivity index (χ0) is 15.2. The molecule has 1 aliphatic rings. The summed E-state index contributed by atoms with van der Waals surface area (Å²) in [5, 5.41) is 12.0. The van der Waals surface area contributed by atoms with Crippen LogP contribution in [-0.2, 0) is 6.42 Å². The molecular formula is C15H20N2O3S. The molecule has 0 unspecified atom stereocenters. The minimum Gasteiger partial charge on any atom is -0.478 e. The number of hydrogen-bond donors (Lipinski definition) is 2. The molecule has 0 saturated heterocycles. The second-order valence-corrected chi connectivity index (χ2v) is 5.97. The van der Waals surface area contributed by atoms with E-state index in [2.05, 4.69) is 5.32 Å². The van der Waals surface area contributed by atoms with Crippen molar-refractivity contribution in [3.05, 3.63) is 29.3 Å². The van der Waals surface area contributed by atoms with Crippen molar-refractivity contribution < 1.29 is 14.7 Å². The molecule has 2 rings (SSSR count). The normalized spacial score (nSPS) is 13.7. The lowest BCUT2D eigenvalue weighted by Gasteiger charge is -2.29. The van der Waals surface area contributed by atoms with Crippen molar-refractivity contribution in [2.45, 2.75) is 19.3 Å². The number of aryl methyl sites for hydroxylation is 1. The third kappa shape index (κ3) is 3.91. The fourth-order valence-corrected chi connectivity index (χ4v) is 2.88. The van der Waals surface area contributed by atoms with E-state index in [1.807, 2.05) is 6.26 Å². The van der Waals surface area contributed by atoms with Gasteiger partial charge in [0.1, 0.15) is 0 Å². The van der Waals surface area contributed by atoms with E-state index in [0.717, 1.165) is 36.3 Å². The molecule has 0 bridgehead atoms. The van der Waals surface area contributed by atoms with E-state index >= 15 is 0 Å². The maximum atomic E-state index is 12.2. The summed E-state index contributed by atoms with van der Waals surface area (Å²) in [5.41, 5.74) is 2.03. The zero-order valence-electron chi connectivity index (χ0n) is 12.1. The summed E-state index contributed by atoms with van der Waals surface area (Å²) in [6.07, 6.45) is 4.66. The molecule has 2 N–H and O–H groups in total. The average molecular weight is 308 g/mol. The molecule has 0 atom stereocenters. The van der Waals surface area contributed by atoms with E-state index in [0.29, 0.717) is 13.1 Å². The van der Waals surface area contributed by atoms with E-state index in [-0.39, 0.29) is 11.6 Å². The van der Waals surface area contributed by atoms with Crippen molar-refractivity contribution in [3.63, 3.8) is 0 Å². The number of carbonyl (C=O) groups excluding carboxylic acids is 1. The molecule has 21 heavy (non-hydrogen) atoms. The Hall–Kier alpha value is -1.69. The van der Waals surface area contributed by atoms with Gasteiger partial charge in [0.2, 0.25) is 0 Å². The number of hydrogen-bond acceptors (Lipinski definition) is 3. The molecule has 5 nitrogen and oxygen atoms in total. The molecule has 0 radical (unpaired) electrons. The Morgan fingerprint density at radius 3 is 2.95 bits per heavy atom. The van der Waals surface area contributed by atoms with Crippen molar-refractivity contribution in [3.8, 4) is 0 Å². The van der Waals surface area contributed by atoms with Crippen LogP contribution in [0, 0.1) is 0 Å². The minimum atomic E-state index is -0.934. The van der Waals surface area contributed by atoms with Crippen LogP contribution in [0.15, 0.2) is 18.2 Å². The summed E-state index contributed by atoms with van der Waals surface area (Å²) in [6, 6.07) is 4.87. The van der Waals surface area contributed by atoms with E-state index in [1.165, 1.54) is 0 Å². The maximum absolute atomic E-state index is 12.2. The summed E-state index contributed by atoms with van der Waals surface area (Å²) >= 11 is 1.76.